The molecule has 0 aromatic heterocycles. The topological polar surface area (TPSA) is 140 Å². The largest absolute Gasteiger partial charge is 0.496 e. The first-order valence-corrected chi connectivity index (χ1v) is 17.6. The minimum Gasteiger partial charge on any atom is -0.496 e. The van der Waals surface area contributed by atoms with Crippen molar-refractivity contribution in [1.82, 2.24) is 15.1 Å². The van der Waals surface area contributed by atoms with Gasteiger partial charge in [-0.15, -0.1) is 0 Å². The maximum Gasteiger partial charge on any atom is 0.341 e. The van der Waals surface area contributed by atoms with Crippen LogP contribution in [0.25, 0.3) is 0 Å². The molecular weight excluding hydrogens is 669 g/mol. The number of esters is 1. The summed E-state index contributed by atoms with van der Waals surface area (Å²) >= 11 is 13.0. The van der Waals surface area contributed by atoms with Gasteiger partial charge in [0.05, 0.1) is 39.0 Å². The average molecular weight is 705 g/mol. The molecule has 1 aliphatic carbocycles. The van der Waals surface area contributed by atoms with Crippen molar-refractivity contribution in [2.24, 2.45) is 0 Å². The Morgan fingerprint density at radius 1 is 0.979 bits per heavy atom. The van der Waals surface area contributed by atoms with Crippen molar-refractivity contribution in [3.05, 3.63) is 98.5 Å². The smallest absolute Gasteiger partial charge is 0.341 e. The first-order chi connectivity index (χ1) is 22.4. The zero-order valence-corrected chi connectivity index (χ0v) is 28.3. The van der Waals surface area contributed by atoms with Crippen LogP contribution in [0.15, 0.2) is 60.7 Å². The van der Waals surface area contributed by atoms with Crippen molar-refractivity contribution >= 4 is 51.0 Å². The summed E-state index contributed by atoms with van der Waals surface area (Å²) in [5.74, 6) is -2.18. The van der Waals surface area contributed by atoms with Crippen LogP contribution in [-0.2, 0) is 31.0 Å². The Bertz CT molecular complexity index is 1790. The quantitative estimate of drug-likeness (QED) is 0.218. The Morgan fingerprint density at radius 2 is 1.72 bits per heavy atom. The van der Waals surface area contributed by atoms with E-state index in [9.17, 15) is 22.8 Å². The molecule has 11 nitrogen and oxygen atoms in total. The minimum absolute atomic E-state index is 0.105. The van der Waals surface area contributed by atoms with Gasteiger partial charge in [-0.3, -0.25) is 14.4 Å². The fourth-order valence-corrected chi connectivity index (χ4v) is 7.84. The minimum atomic E-state index is -3.62. The van der Waals surface area contributed by atoms with Gasteiger partial charge in [-0.05, 0) is 59.9 Å². The highest BCUT2D eigenvalue weighted by Gasteiger charge is 2.49. The van der Waals surface area contributed by atoms with Crippen LogP contribution in [0.3, 0.4) is 0 Å². The summed E-state index contributed by atoms with van der Waals surface area (Å²) < 4.78 is 37.6. The van der Waals surface area contributed by atoms with E-state index < -0.39 is 45.9 Å². The number of carbonyl (C=O) groups is 3. The van der Waals surface area contributed by atoms with E-state index in [4.69, 9.17) is 37.5 Å². The molecule has 250 valence electrons. The third-order valence-electron chi connectivity index (χ3n) is 8.47. The van der Waals surface area contributed by atoms with E-state index in [1.165, 1.54) is 14.2 Å². The lowest BCUT2D eigenvalue weighted by Crippen LogP contribution is -2.59. The molecule has 3 aromatic carbocycles. The van der Waals surface area contributed by atoms with Gasteiger partial charge >= 0.3 is 5.97 Å². The van der Waals surface area contributed by atoms with Crippen molar-refractivity contribution in [3.63, 3.8) is 0 Å². The van der Waals surface area contributed by atoms with Crippen LogP contribution in [-0.4, -0.2) is 63.7 Å². The van der Waals surface area contributed by atoms with Crippen LogP contribution in [0.2, 0.25) is 10.0 Å². The molecule has 47 heavy (non-hydrogen) atoms. The Labute approximate surface area is 283 Å². The van der Waals surface area contributed by atoms with E-state index in [0.29, 0.717) is 45.9 Å². The predicted octanol–water partition coefficient (Wildman–Crippen LogP) is 5.18. The van der Waals surface area contributed by atoms with Crippen LogP contribution in [0.5, 0.6) is 5.75 Å². The highest BCUT2D eigenvalue weighted by molar-refractivity contribution is 7.88. The van der Waals surface area contributed by atoms with E-state index in [1.54, 1.807) is 65.6 Å². The number of sulfonamides is 1. The standard InChI is InChI=1S/C33H35Cl2N3O8S/c1-44-28-15-12-19(16-24(28)33(41)45-2)18-46-36-31(39)29-21-8-4-5-9-22(21)32(40)38(30(29)23-14-13-20(34)17-25(23)35)27-11-7-6-10-26(27)37-47(3,42)43/h4-5,8-9,12-17,26-27,29-30,37H,6-7,10-11,18H2,1-3H3,(H,36,39)/t26-,27-,29+,30-/m0/s1. The van der Waals surface area contributed by atoms with Gasteiger partial charge in [0, 0.05) is 27.7 Å². The number of ether oxygens (including phenoxy) is 2. The molecular formula is C33H35Cl2N3O8S. The van der Waals surface area contributed by atoms with Crippen LogP contribution in [0.1, 0.15) is 75.0 Å². The third kappa shape index (κ3) is 7.57. The van der Waals surface area contributed by atoms with E-state index in [1.807, 2.05) is 0 Å². The van der Waals surface area contributed by atoms with E-state index in [0.717, 1.165) is 19.1 Å². The van der Waals surface area contributed by atoms with E-state index in [-0.39, 0.29) is 23.1 Å². The van der Waals surface area contributed by atoms with Crippen molar-refractivity contribution in [2.45, 2.75) is 56.3 Å². The number of halogens is 2. The highest BCUT2D eigenvalue weighted by Crippen LogP contribution is 2.48. The lowest BCUT2D eigenvalue weighted by atomic mass is 9.76. The second-order valence-electron chi connectivity index (χ2n) is 11.5. The monoisotopic (exact) mass is 703 g/mol. The van der Waals surface area contributed by atoms with Crippen molar-refractivity contribution in [3.8, 4) is 5.75 Å². The number of methoxy groups -OCH3 is 2. The molecule has 3 aromatic rings. The summed E-state index contributed by atoms with van der Waals surface area (Å²) in [6.45, 7) is -0.105. The Hall–Kier alpha value is -3.68. The fourth-order valence-electron chi connectivity index (χ4n) is 6.50. The number of fused-ring (bicyclic) bond motifs is 1. The molecule has 14 heteroatoms. The Morgan fingerprint density at radius 3 is 2.43 bits per heavy atom. The zero-order chi connectivity index (χ0) is 33.9. The summed E-state index contributed by atoms with van der Waals surface area (Å²) in [5, 5.41) is 0.618. The summed E-state index contributed by atoms with van der Waals surface area (Å²) in [6.07, 6.45) is 3.64. The summed E-state index contributed by atoms with van der Waals surface area (Å²) in [4.78, 5) is 48.2. The van der Waals surface area contributed by atoms with Gasteiger partial charge in [0.25, 0.3) is 11.8 Å². The van der Waals surface area contributed by atoms with Crippen molar-refractivity contribution in [1.29, 1.82) is 0 Å². The number of hydrogen-bond acceptors (Lipinski definition) is 8. The lowest BCUT2D eigenvalue weighted by molar-refractivity contribution is -0.138. The molecule has 2 N–H and O–H groups in total. The van der Waals surface area contributed by atoms with Gasteiger partial charge in [0.15, 0.2) is 0 Å². The number of carbonyl (C=O) groups excluding carboxylic acids is 3. The Balaban J connectivity index is 1.54. The van der Waals surface area contributed by atoms with Crippen LogP contribution in [0.4, 0.5) is 0 Å². The van der Waals surface area contributed by atoms with Gasteiger partial charge < -0.3 is 14.4 Å². The van der Waals surface area contributed by atoms with Gasteiger partial charge in [0.1, 0.15) is 11.3 Å². The van der Waals surface area contributed by atoms with E-state index in [2.05, 4.69) is 10.2 Å². The molecule has 0 bridgehead atoms. The summed E-state index contributed by atoms with van der Waals surface area (Å²) in [6, 6.07) is 14.4. The maximum atomic E-state index is 14.4. The average Bonchev–Trinajstić information content (AvgIpc) is 3.04. The molecule has 1 saturated carbocycles. The summed E-state index contributed by atoms with van der Waals surface area (Å²) in [5.41, 5.74) is 4.55. The number of hydrogen-bond donors (Lipinski definition) is 2. The predicted molar refractivity (Wildman–Crippen MR) is 176 cm³/mol. The second kappa shape index (κ2) is 14.6. The van der Waals surface area contributed by atoms with Crippen molar-refractivity contribution < 1.29 is 37.1 Å². The molecule has 1 heterocycles. The SMILES string of the molecule is COC(=O)c1cc(CONC(=O)[C@@H]2c3ccccc3C(=O)N([C@H]3CCCC[C@@H]3NS(C)(=O)=O)[C@H]2c2ccc(Cl)cc2Cl)ccc1OC. The molecule has 5 rings (SSSR count). The van der Waals surface area contributed by atoms with Gasteiger partial charge in [0.2, 0.25) is 10.0 Å². The number of amides is 2. The molecule has 1 fully saturated rings. The molecule has 2 aliphatic rings. The molecule has 2 amide bonds. The van der Waals surface area contributed by atoms with Crippen LogP contribution < -0.4 is 14.9 Å². The van der Waals surface area contributed by atoms with Gasteiger partial charge in [-0.25, -0.2) is 23.4 Å². The number of rotatable bonds is 10. The number of hydroxylamine groups is 1. The number of nitrogens with zero attached hydrogens (tertiary/aromatic N) is 1. The zero-order valence-electron chi connectivity index (χ0n) is 26.0. The Kier molecular flexibility index (Phi) is 10.8. The number of benzene rings is 3. The lowest BCUT2D eigenvalue weighted by Gasteiger charge is -2.49. The number of nitrogens with one attached hydrogen (secondary N) is 2. The van der Waals surface area contributed by atoms with Gasteiger partial charge in [-0.2, -0.15) is 0 Å². The molecule has 0 spiro atoms. The molecule has 0 saturated heterocycles. The van der Waals surface area contributed by atoms with Crippen LogP contribution >= 0.6 is 23.2 Å². The first kappa shape index (κ1) is 34.6. The van der Waals surface area contributed by atoms with Gasteiger partial charge in [-0.1, -0.05) is 66.4 Å². The maximum absolute atomic E-state index is 14.4. The summed E-state index contributed by atoms with van der Waals surface area (Å²) in [7, 11) is -0.924. The normalized spacial score (nSPS) is 21.1. The van der Waals surface area contributed by atoms with E-state index >= 15 is 0 Å². The third-order valence-corrected chi connectivity index (χ3v) is 9.77. The molecule has 4 atom stereocenters. The highest BCUT2D eigenvalue weighted by atomic mass is 35.5. The molecule has 0 unspecified atom stereocenters. The molecule has 0 radical (unpaired) electrons. The fraction of sp³-hybridized carbons (Fsp3) is 0.364. The molecule has 1 aliphatic heterocycles. The van der Waals surface area contributed by atoms with Crippen LogP contribution in [0, 0.1) is 0 Å². The second-order valence-corrected chi connectivity index (χ2v) is 14.1. The first-order valence-electron chi connectivity index (χ1n) is 14.9. The van der Waals surface area contributed by atoms with Crippen molar-refractivity contribution in [2.75, 3.05) is 20.5 Å².